The molecule has 25 heavy (non-hydrogen) atoms. The Morgan fingerprint density at radius 1 is 1.44 bits per heavy atom. The van der Waals surface area contributed by atoms with E-state index in [2.05, 4.69) is 10.2 Å². The molecule has 1 aromatic carbocycles. The molecule has 0 radical (unpaired) electrons. The molecule has 0 spiro atoms. The Hall–Kier alpha value is -2.36. The van der Waals surface area contributed by atoms with E-state index in [-0.39, 0.29) is 10.6 Å². The first-order chi connectivity index (χ1) is 11.9. The number of benzene rings is 1. The number of rotatable bonds is 5. The van der Waals surface area contributed by atoms with Crippen molar-refractivity contribution in [3.63, 3.8) is 0 Å². The van der Waals surface area contributed by atoms with Gasteiger partial charge >= 0.3 is 5.97 Å². The number of nitrogens with zero attached hydrogens (tertiary/aromatic N) is 1. The number of hydrogen-bond acceptors (Lipinski definition) is 4. The Balaban J connectivity index is 2.69. The fourth-order valence-corrected chi connectivity index (χ4v) is 3.10. The lowest BCUT2D eigenvalue weighted by Crippen LogP contribution is -2.29. The fraction of sp³-hybridized carbons (Fsp3) is 0.333. The first-order valence-electron chi connectivity index (χ1n) is 7.55. The van der Waals surface area contributed by atoms with Gasteiger partial charge in [-0.1, -0.05) is 17.7 Å². The SMILES string of the molecule is [C-]#[N+]C1=C(C)NC(CCOC)=C(C(=O)OC)C1c1ccc(F)cc1Cl. The van der Waals surface area contributed by atoms with Gasteiger partial charge in [-0.3, -0.25) is 0 Å². The standard InChI is InChI=1S/C18H18ClFN2O3/c1-10-17(21-2)15(12-6-5-11(20)9-13(12)19)16(18(23)25-4)14(22-10)7-8-24-3/h5-6,9,15,22H,7-8H2,1,3-4H3. The molecule has 2 rings (SSSR count). The summed E-state index contributed by atoms with van der Waals surface area (Å²) in [5.41, 5.74) is 2.29. The molecule has 0 saturated heterocycles. The molecule has 0 fully saturated rings. The van der Waals surface area contributed by atoms with Crippen molar-refractivity contribution in [1.29, 1.82) is 0 Å². The highest BCUT2D eigenvalue weighted by Gasteiger charge is 2.36. The third kappa shape index (κ3) is 3.84. The van der Waals surface area contributed by atoms with Crippen molar-refractivity contribution in [2.24, 2.45) is 0 Å². The van der Waals surface area contributed by atoms with Crippen LogP contribution in [0.25, 0.3) is 4.85 Å². The number of allylic oxidation sites excluding steroid dienone is 2. The first-order valence-corrected chi connectivity index (χ1v) is 7.92. The summed E-state index contributed by atoms with van der Waals surface area (Å²) in [7, 11) is 2.83. The Labute approximate surface area is 150 Å². The molecule has 132 valence electrons. The molecular weight excluding hydrogens is 347 g/mol. The number of halogens is 2. The monoisotopic (exact) mass is 364 g/mol. The van der Waals surface area contributed by atoms with E-state index in [0.29, 0.717) is 35.7 Å². The number of ether oxygens (including phenoxy) is 2. The number of carbonyl (C=O) groups excluding carboxylic acids is 1. The number of nitrogens with one attached hydrogen (secondary N) is 1. The number of dihydropyridines is 1. The summed E-state index contributed by atoms with van der Waals surface area (Å²) in [6.45, 7) is 9.65. The van der Waals surface area contributed by atoms with Crippen LogP contribution in [0.3, 0.4) is 0 Å². The average molecular weight is 365 g/mol. The summed E-state index contributed by atoms with van der Waals surface area (Å²) in [6.07, 6.45) is 0.429. The minimum Gasteiger partial charge on any atom is -0.466 e. The van der Waals surface area contributed by atoms with Gasteiger partial charge < -0.3 is 14.8 Å². The molecule has 1 aromatic rings. The van der Waals surface area contributed by atoms with Gasteiger partial charge in [-0.25, -0.2) is 14.0 Å². The van der Waals surface area contributed by atoms with Gasteiger partial charge in [0.25, 0.3) is 0 Å². The van der Waals surface area contributed by atoms with Crippen molar-refractivity contribution in [2.45, 2.75) is 19.3 Å². The maximum atomic E-state index is 13.4. The van der Waals surface area contributed by atoms with Crippen molar-refractivity contribution in [3.8, 4) is 0 Å². The highest BCUT2D eigenvalue weighted by molar-refractivity contribution is 6.31. The molecule has 0 amide bonds. The van der Waals surface area contributed by atoms with Crippen LogP contribution in [0.4, 0.5) is 4.39 Å². The predicted octanol–water partition coefficient (Wildman–Crippen LogP) is 3.78. The Morgan fingerprint density at radius 2 is 2.16 bits per heavy atom. The van der Waals surface area contributed by atoms with Gasteiger partial charge in [0.15, 0.2) is 5.70 Å². The number of carbonyl (C=O) groups is 1. The molecule has 0 saturated carbocycles. The van der Waals surface area contributed by atoms with E-state index in [1.54, 1.807) is 14.0 Å². The van der Waals surface area contributed by atoms with Crippen LogP contribution in [-0.4, -0.2) is 26.8 Å². The summed E-state index contributed by atoms with van der Waals surface area (Å²) < 4.78 is 23.5. The zero-order valence-corrected chi connectivity index (χ0v) is 14.9. The minimum absolute atomic E-state index is 0.147. The molecule has 1 atom stereocenters. The molecule has 5 nitrogen and oxygen atoms in total. The van der Waals surface area contributed by atoms with Crippen LogP contribution in [0.2, 0.25) is 5.02 Å². The van der Waals surface area contributed by atoms with Crippen molar-refractivity contribution in [1.82, 2.24) is 5.32 Å². The van der Waals surface area contributed by atoms with Crippen LogP contribution in [0.15, 0.2) is 40.9 Å². The van der Waals surface area contributed by atoms with Crippen molar-refractivity contribution in [2.75, 3.05) is 20.8 Å². The van der Waals surface area contributed by atoms with Gasteiger partial charge in [-0.05, 0) is 24.6 Å². The van der Waals surface area contributed by atoms with Crippen LogP contribution in [0, 0.1) is 12.4 Å². The lowest BCUT2D eigenvalue weighted by molar-refractivity contribution is -0.136. The molecule has 1 heterocycles. The Morgan fingerprint density at radius 3 is 2.72 bits per heavy atom. The maximum absolute atomic E-state index is 13.4. The number of hydrogen-bond donors (Lipinski definition) is 1. The highest BCUT2D eigenvalue weighted by Crippen LogP contribution is 2.42. The van der Waals surface area contributed by atoms with Crippen LogP contribution in [0.1, 0.15) is 24.8 Å². The van der Waals surface area contributed by atoms with E-state index in [1.165, 1.54) is 25.3 Å². The van der Waals surface area contributed by atoms with Crippen LogP contribution in [0.5, 0.6) is 0 Å². The van der Waals surface area contributed by atoms with Crippen LogP contribution < -0.4 is 5.32 Å². The van der Waals surface area contributed by atoms with Crippen molar-refractivity contribution in [3.05, 3.63) is 68.7 Å². The largest absolute Gasteiger partial charge is 0.466 e. The molecular formula is C18H18ClFN2O3. The second-order valence-electron chi connectivity index (χ2n) is 5.47. The van der Waals surface area contributed by atoms with Crippen molar-refractivity contribution < 1.29 is 18.7 Å². The van der Waals surface area contributed by atoms with Gasteiger partial charge in [-0.2, -0.15) is 0 Å². The summed E-state index contributed by atoms with van der Waals surface area (Å²) in [4.78, 5) is 16.0. The molecule has 0 aromatic heterocycles. The molecule has 1 N–H and O–H groups in total. The van der Waals surface area contributed by atoms with E-state index in [4.69, 9.17) is 27.6 Å². The summed E-state index contributed by atoms with van der Waals surface area (Å²) in [5, 5.41) is 3.24. The van der Waals surface area contributed by atoms with E-state index in [9.17, 15) is 9.18 Å². The Bertz CT molecular complexity index is 796. The Kier molecular flexibility index (Phi) is 6.18. The normalized spacial score (nSPS) is 17.2. The molecule has 0 aliphatic carbocycles. The summed E-state index contributed by atoms with van der Waals surface area (Å²) >= 11 is 6.21. The predicted molar refractivity (Wildman–Crippen MR) is 92.1 cm³/mol. The third-order valence-electron chi connectivity index (χ3n) is 3.97. The first kappa shape index (κ1) is 19.0. The maximum Gasteiger partial charge on any atom is 0.335 e. The zero-order valence-electron chi connectivity index (χ0n) is 14.2. The molecule has 7 heteroatoms. The van der Waals surface area contributed by atoms with E-state index in [0.717, 1.165) is 0 Å². The lowest BCUT2D eigenvalue weighted by atomic mass is 9.83. The molecule has 1 aliphatic heterocycles. The van der Waals surface area contributed by atoms with Crippen molar-refractivity contribution >= 4 is 17.6 Å². The third-order valence-corrected chi connectivity index (χ3v) is 4.29. The van der Waals surface area contributed by atoms with Gasteiger partial charge in [0.2, 0.25) is 0 Å². The number of esters is 1. The van der Waals surface area contributed by atoms with Gasteiger partial charge in [0.1, 0.15) is 5.82 Å². The fourth-order valence-electron chi connectivity index (χ4n) is 2.82. The topological polar surface area (TPSA) is 51.9 Å². The van der Waals surface area contributed by atoms with Crippen LogP contribution >= 0.6 is 11.6 Å². The number of methoxy groups -OCH3 is 2. The minimum atomic E-state index is -0.730. The summed E-state index contributed by atoms with van der Waals surface area (Å²) in [6, 6.07) is 3.91. The molecule has 0 bridgehead atoms. The molecule has 1 unspecified atom stereocenters. The highest BCUT2D eigenvalue weighted by atomic mass is 35.5. The van der Waals surface area contributed by atoms with Gasteiger partial charge in [-0.15, -0.1) is 0 Å². The smallest absolute Gasteiger partial charge is 0.335 e. The second-order valence-corrected chi connectivity index (χ2v) is 5.88. The van der Waals surface area contributed by atoms with E-state index < -0.39 is 17.7 Å². The van der Waals surface area contributed by atoms with Gasteiger partial charge in [0.05, 0.1) is 31.8 Å². The second kappa shape index (κ2) is 8.15. The van der Waals surface area contributed by atoms with Gasteiger partial charge in [0, 0.05) is 29.9 Å². The quantitative estimate of drug-likeness (QED) is 0.638. The average Bonchev–Trinajstić information content (AvgIpc) is 2.58. The van der Waals surface area contributed by atoms with E-state index >= 15 is 0 Å². The zero-order chi connectivity index (χ0) is 18.6. The summed E-state index contributed by atoms with van der Waals surface area (Å²) in [5.74, 6) is -1.79. The van der Waals surface area contributed by atoms with Crippen LogP contribution in [-0.2, 0) is 14.3 Å². The molecule has 1 aliphatic rings. The van der Waals surface area contributed by atoms with E-state index in [1.807, 2.05) is 0 Å². The lowest BCUT2D eigenvalue weighted by Gasteiger charge is -2.30.